The second-order valence-corrected chi connectivity index (χ2v) is 5.49. The third-order valence-electron chi connectivity index (χ3n) is 3.83. The maximum Gasteiger partial charge on any atom is 0.263 e. The molecule has 1 aliphatic rings. The first-order chi connectivity index (χ1) is 9.25. The summed E-state index contributed by atoms with van der Waals surface area (Å²) in [6.45, 7) is 0. The average molecular weight is 278 g/mol. The summed E-state index contributed by atoms with van der Waals surface area (Å²) < 4.78 is 1.78. The number of halogens is 1. The number of aromatic nitrogens is 3. The van der Waals surface area contributed by atoms with Crippen molar-refractivity contribution in [2.24, 2.45) is 0 Å². The highest BCUT2D eigenvalue weighted by atomic mass is 35.5. The largest absolute Gasteiger partial charge is 0.296 e. The van der Waals surface area contributed by atoms with Gasteiger partial charge in [0.25, 0.3) is 5.56 Å². The van der Waals surface area contributed by atoms with Gasteiger partial charge in [0.1, 0.15) is 11.5 Å². The summed E-state index contributed by atoms with van der Waals surface area (Å²) >= 11 is 5.82. The van der Waals surface area contributed by atoms with Crippen LogP contribution >= 0.6 is 11.6 Å². The van der Waals surface area contributed by atoms with Crippen LogP contribution in [0.25, 0.3) is 11.0 Å². The van der Waals surface area contributed by atoms with Crippen LogP contribution < -0.4 is 5.56 Å². The highest BCUT2D eigenvalue weighted by Gasteiger charge is 2.16. The number of hydrogen-bond acceptors (Lipinski definition) is 3. The molecule has 1 fully saturated rings. The van der Waals surface area contributed by atoms with E-state index in [2.05, 4.69) is 9.97 Å². The molecule has 1 saturated carbocycles. The summed E-state index contributed by atoms with van der Waals surface area (Å²) in [5.74, 6) is 0. The zero-order valence-corrected chi connectivity index (χ0v) is 11.4. The van der Waals surface area contributed by atoms with E-state index in [0.29, 0.717) is 16.2 Å². The lowest BCUT2D eigenvalue weighted by Gasteiger charge is -2.17. The quantitative estimate of drug-likeness (QED) is 0.593. The molecule has 0 radical (unpaired) electrons. The molecule has 5 heteroatoms. The van der Waals surface area contributed by atoms with Gasteiger partial charge < -0.3 is 0 Å². The van der Waals surface area contributed by atoms with Gasteiger partial charge in [-0.05, 0) is 25.0 Å². The summed E-state index contributed by atoms with van der Waals surface area (Å²) in [5, 5.41) is 0.919. The summed E-state index contributed by atoms with van der Waals surface area (Å²) in [7, 11) is 0. The smallest absolute Gasteiger partial charge is 0.263 e. The summed E-state index contributed by atoms with van der Waals surface area (Å²) in [4.78, 5) is 20.8. The van der Waals surface area contributed by atoms with E-state index in [0.717, 1.165) is 12.8 Å². The molecule has 0 amide bonds. The number of rotatable bonds is 1. The van der Waals surface area contributed by atoms with Crippen molar-refractivity contribution in [2.75, 3.05) is 0 Å². The first-order valence-corrected chi connectivity index (χ1v) is 7.17. The predicted molar refractivity (Wildman–Crippen MR) is 75.5 cm³/mol. The average Bonchev–Trinajstić information content (AvgIpc) is 2.68. The van der Waals surface area contributed by atoms with E-state index in [1.54, 1.807) is 23.0 Å². The Balaban J connectivity index is 2.07. The van der Waals surface area contributed by atoms with Gasteiger partial charge in [-0.25, -0.2) is 9.97 Å². The van der Waals surface area contributed by atoms with Crippen molar-refractivity contribution in [3.63, 3.8) is 0 Å². The van der Waals surface area contributed by atoms with Gasteiger partial charge in [-0.15, -0.1) is 0 Å². The Morgan fingerprint density at radius 1 is 1.16 bits per heavy atom. The van der Waals surface area contributed by atoms with Gasteiger partial charge in [-0.1, -0.05) is 37.3 Å². The molecule has 2 aromatic heterocycles. The minimum absolute atomic E-state index is 0.000988. The van der Waals surface area contributed by atoms with Crippen molar-refractivity contribution >= 4 is 22.6 Å². The van der Waals surface area contributed by atoms with E-state index >= 15 is 0 Å². The lowest BCUT2D eigenvalue weighted by atomic mass is 10.1. The van der Waals surface area contributed by atoms with Gasteiger partial charge >= 0.3 is 0 Å². The van der Waals surface area contributed by atoms with E-state index in [1.807, 2.05) is 0 Å². The van der Waals surface area contributed by atoms with Crippen LogP contribution in [-0.4, -0.2) is 14.5 Å². The number of fused-ring (bicyclic) bond motifs is 1. The maximum absolute atomic E-state index is 12.5. The third kappa shape index (κ3) is 2.50. The number of hydrogen-bond donors (Lipinski definition) is 0. The van der Waals surface area contributed by atoms with Crippen LogP contribution in [-0.2, 0) is 0 Å². The standard InChI is InChI=1S/C14H16ClN3O/c15-12-8-7-11-13(17-12)16-9-18(14(11)19)10-5-3-1-2-4-6-10/h7-10H,1-6H2. The van der Waals surface area contributed by atoms with E-state index in [4.69, 9.17) is 11.6 Å². The van der Waals surface area contributed by atoms with Crippen molar-refractivity contribution in [1.29, 1.82) is 0 Å². The zero-order chi connectivity index (χ0) is 13.2. The molecule has 2 aromatic rings. The fourth-order valence-electron chi connectivity index (χ4n) is 2.80. The van der Waals surface area contributed by atoms with Crippen molar-refractivity contribution < 1.29 is 0 Å². The molecular formula is C14H16ClN3O. The van der Waals surface area contributed by atoms with Crippen LogP contribution in [0.2, 0.25) is 5.15 Å². The predicted octanol–water partition coefficient (Wildman–Crippen LogP) is 3.34. The summed E-state index contributed by atoms with van der Waals surface area (Å²) in [6.07, 6.45) is 8.67. The molecule has 100 valence electrons. The monoisotopic (exact) mass is 277 g/mol. The van der Waals surface area contributed by atoms with Crippen LogP contribution in [0, 0.1) is 0 Å². The SMILES string of the molecule is O=c1c2ccc(Cl)nc2ncn1C1CCCCCC1. The first kappa shape index (κ1) is 12.6. The third-order valence-corrected chi connectivity index (χ3v) is 4.04. The molecule has 1 aliphatic carbocycles. The molecule has 0 saturated heterocycles. The van der Waals surface area contributed by atoms with Crippen molar-refractivity contribution in [3.8, 4) is 0 Å². The van der Waals surface area contributed by atoms with Gasteiger partial charge in [0.05, 0.1) is 5.39 Å². The lowest BCUT2D eigenvalue weighted by Crippen LogP contribution is -2.25. The Kier molecular flexibility index (Phi) is 3.51. The topological polar surface area (TPSA) is 47.8 Å². The molecule has 3 rings (SSSR count). The molecule has 19 heavy (non-hydrogen) atoms. The van der Waals surface area contributed by atoms with E-state index in [1.165, 1.54) is 25.7 Å². The summed E-state index contributed by atoms with van der Waals surface area (Å²) in [6, 6.07) is 3.64. The maximum atomic E-state index is 12.5. The number of pyridine rings is 1. The van der Waals surface area contributed by atoms with Crippen LogP contribution in [0.15, 0.2) is 23.3 Å². The molecule has 0 unspecified atom stereocenters. The molecule has 0 N–H and O–H groups in total. The van der Waals surface area contributed by atoms with Crippen LogP contribution in [0.4, 0.5) is 0 Å². The minimum Gasteiger partial charge on any atom is -0.296 e. The Morgan fingerprint density at radius 2 is 1.89 bits per heavy atom. The Morgan fingerprint density at radius 3 is 2.63 bits per heavy atom. The van der Waals surface area contributed by atoms with Gasteiger partial charge in [0.2, 0.25) is 0 Å². The Bertz CT molecular complexity index is 645. The fourth-order valence-corrected chi connectivity index (χ4v) is 2.94. The van der Waals surface area contributed by atoms with Crippen molar-refractivity contribution in [1.82, 2.24) is 14.5 Å². The van der Waals surface area contributed by atoms with E-state index in [9.17, 15) is 4.79 Å². The first-order valence-electron chi connectivity index (χ1n) is 6.79. The Labute approximate surface area is 116 Å². The second-order valence-electron chi connectivity index (χ2n) is 5.11. The van der Waals surface area contributed by atoms with E-state index in [-0.39, 0.29) is 11.6 Å². The lowest BCUT2D eigenvalue weighted by molar-refractivity contribution is 0.429. The second kappa shape index (κ2) is 5.29. The molecule has 0 aliphatic heterocycles. The van der Waals surface area contributed by atoms with Gasteiger partial charge in [0.15, 0.2) is 5.65 Å². The van der Waals surface area contributed by atoms with E-state index < -0.39 is 0 Å². The highest BCUT2D eigenvalue weighted by molar-refractivity contribution is 6.29. The van der Waals surface area contributed by atoms with Gasteiger partial charge in [-0.2, -0.15) is 0 Å². The van der Waals surface area contributed by atoms with Crippen LogP contribution in [0.5, 0.6) is 0 Å². The normalized spacial score (nSPS) is 17.5. The molecule has 2 heterocycles. The van der Waals surface area contributed by atoms with Crippen LogP contribution in [0.1, 0.15) is 44.6 Å². The molecular weight excluding hydrogens is 262 g/mol. The van der Waals surface area contributed by atoms with Gasteiger partial charge in [-0.3, -0.25) is 9.36 Å². The summed E-state index contributed by atoms with van der Waals surface area (Å²) in [5.41, 5.74) is 0.434. The minimum atomic E-state index is 0.000988. The fraction of sp³-hybridized carbons (Fsp3) is 0.500. The van der Waals surface area contributed by atoms with Crippen molar-refractivity contribution in [2.45, 2.75) is 44.6 Å². The van der Waals surface area contributed by atoms with Gasteiger partial charge in [0, 0.05) is 6.04 Å². The molecule has 0 bridgehead atoms. The molecule has 0 atom stereocenters. The van der Waals surface area contributed by atoms with Crippen LogP contribution in [0.3, 0.4) is 0 Å². The molecule has 4 nitrogen and oxygen atoms in total. The number of nitrogens with zero attached hydrogens (tertiary/aromatic N) is 3. The Hall–Kier alpha value is -1.42. The van der Waals surface area contributed by atoms with Crippen molar-refractivity contribution in [3.05, 3.63) is 34.0 Å². The molecule has 0 spiro atoms. The zero-order valence-electron chi connectivity index (χ0n) is 10.7. The highest BCUT2D eigenvalue weighted by Crippen LogP contribution is 2.26. The molecule has 0 aromatic carbocycles.